The molecule has 89 valence electrons. The minimum Gasteiger partial charge on any atom is -0.755 e. The third kappa shape index (κ3) is 4.44. The fourth-order valence-corrected chi connectivity index (χ4v) is 1.69. The summed E-state index contributed by atoms with van der Waals surface area (Å²) < 4.78 is 29.1. The summed E-state index contributed by atoms with van der Waals surface area (Å²) in [6.45, 7) is 0. The van der Waals surface area contributed by atoms with Crippen LogP contribution in [-0.2, 0) is 11.3 Å². The number of hydrogen-bond acceptors (Lipinski definition) is 3. The molecule has 0 saturated heterocycles. The molecule has 2 aromatic carbocycles. The Bertz CT molecular complexity index is 522. The Hall–Kier alpha value is -0.850. The number of hydrogen-bond donors (Lipinski definition) is 1. The molecule has 1 unspecified atom stereocenters. The molecule has 1 N–H and O–H groups in total. The van der Waals surface area contributed by atoms with Crippen LogP contribution in [0.1, 0.15) is 0 Å². The molecule has 0 aliphatic carbocycles. The van der Waals surface area contributed by atoms with Gasteiger partial charge in [0.1, 0.15) is 5.75 Å². The zero-order valence-electron chi connectivity index (χ0n) is 9.83. The molecule has 1 radical (unpaired) electrons. The molecule has 1 atom stereocenters. The van der Waals surface area contributed by atoms with E-state index < -0.39 is 11.3 Å². The van der Waals surface area contributed by atoms with Crippen molar-refractivity contribution >= 4 is 46.5 Å². The van der Waals surface area contributed by atoms with E-state index in [0.717, 1.165) is 0 Å². The van der Waals surface area contributed by atoms with Crippen molar-refractivity contribution in [2.45, 2.75) is 0 Å². The number of nitrogens with one attached hydrogen (secondary N) is 1. The van der Waals surface area contributed by atoms with Crippen LogP contribution in [0, 0.1) is 0 Å². The molecule has 0 spiro atoms. The quantitative estimate of drug-likeness (QED) is 0.685. The molecule has 0 fully saturated rings. The van der Waals surface area contributed by atoms with Crippen LogP contribution in [0.4, 0.5) is 5.69 Å². The summed E-state index contributed by atoms with van der Waals surface area (Å²) in [4.78, 5) is 0. The van der Waals surface area contributed by atoms with E-state index in [1.807, 2.05) is 18.2 Å². The maximum absolute atomic E-state index is 10.6. The van der Waals surface area contributed by atoms with Crippen molar-refractivity contribution in [3.8, 4) is 11.5 Å². The average molecular weight is 271 g/mol. The van der Waals surface area contributed by atoms with Gasteiger partial charge in [0.2, 0.25) is 0 Å². The fraction of sp³-hybridized carbons (Fsp3) is 0. The van der Waals surface area contributed by atoms with E-state index in [2.05, 4.69) is 4.72 Å². The summed E-state index contributed by atoms with van der Waals surface area (Å²) >= 11 is -2.36. The van der Waals surface area contributed by atoms with Crippen molar-refractivity contribution in [1.82, 2.24) is 0 Å². The molecule has 2 rings (SSSR count). The standard InChI is InChI=1S/C12H11NO3S.Na/c14-17(15)13-11-8-4-5-9-12(11)16-10-6-2-1-3-7-10;/h1-9,13H,(H,14,15);/p-1. The summed E-state index contributed by atoms with van der Waals surface area (Å²) in [7, 11) is 0. The van der Waals surface area contributed by atoms with Crippen molar-refractivity contribution < 1.29 is 13.5 Å². The van der Waals surface area contributed by atoms with Gasteiger partial charge in [-0.15, -0.1) is 0 Å². The Morgan fingerprint density at radius 2 is 1.61 bits per heavy atom. The third-order valence-corrected chi connectivity index (χ3v) is 2.44. The molecule has 0 saturated carbocycles. The Morgan fingerprint density at radius 1 is 1.00 bits per heavy atom. The maximum Gasteiger partial charge on any atom is 0.151 e. The molecule has 0 amide bonds. The summed E-state index contributed by atoms with van der Waals surface area (Å²) in [6, 6.07) is 16.0. The van der Waals surface area contributed by atoms with Gasteiger partial charge in [0.25, 0.3) is 0 Å². The number of benzene rings is 2. The van der Waals surface area contributed by atoms with Gasteiger partial charge in [0, 0.05) is 40.8 Å². The first-order valence-corrected chi connectivity index (χ1v) is 6.01. The average Bonchev–Trinajstić information content (AvgIpc) is 2.32. The third-order valence-electron chi connectivity index (χ3n) is 2.05. The van der Waals surface area contributed by atoms with E-state index in [-0.39, 0.29) is 29.6 Å². The molecule has 18 heavy (non-hydrogen) atoms. The number of ether oxygens (including phenoxy) is 1. The molecule has 0 aliphatic rings. The molecule has 4 nitrogen and oxygen atoms in total. The zero-order valence-corrected chi connectivity index (χ0v) is 12.6. The predicted molar refractivity (Wildman–Crippen MR) is 71.3 cm³/mol. The van der Waals surface area contributed by atoms with E-state index >= 15 is 0 Å². The van der Waals surface area contributed by atoms with Crippen LogP contribution in [0.25, 0.3) is 0 Å². The Balaban J connectivity index is 0.00000162. The van der Waals surface area contributed by atoms with Crippen LogP contribution in [0.5, 0.6) is 11.5 Å². The molecule has 0 aromatic heterocycles. The van der Waals surface area contributed by atoms with Crippen LogP contribution >= 0.6 is 0 Å². The van der Waals surface area contributed by atoms with Crippen molar-refractivity contribution in [3.05, 3.63) is 54.6 Å². The first-order chi connectivity index (χ1) is 8.25. The Kier molecular flexibility index (Phi) is 6.38. The smallest absolute Gasteiger partial charge is 0.151 e. The molecule has 6 heteroatoms. The van der Waals surface area contributed by atoms with Crippen molar-refractivity contribution in [1.29, 1.82) is 0 Å². The normalized spacial score (nSPS) is 11.2. The van der Waals surface area contributed by atoms with Crippen LogP contribution in [0.15, 0.2) is 54.6 Å². The fourth-order valence-electron chi connectivity index (χ4n) is 1.35. The number of para-hydroxylation sites is 3. The molecule has 2 aromatic rings. The number of anilines is 1. The molecule has 0 aliphatic heterocycles. The van der Waals surface area contributed by atoms with E-state index in [1.54, 1.807) is 36.4 Å². The second-order valence-corrected chi connectivity index (χ2v) is 3.92. The van der Waals surface area contributed by atoms with Gasteiger partial charge in [0.15, 0.2) is 5.75 Å². The molecule has 0 bridgehead atoms. The first-order valence-electron chi connectivity index (χ1n) is 4.93. The minimum absolute atomic E-state index is 0. The van der Waals surface area contributed by atoms with Crippen molar-refractivity contribution in [2.24, 2.45) is 0 Å². The van der Waals surface area contributed by atoms with E-state index in [4.69, 9.17) is 4.74 Å². The van der Waals surface area contributed by atoms with Crippen LogP contribution in [0.2, 0.25) is 0 Å². The minimum atomic E-state index is -2.36. The zero-order chi connectivity index (χ0) is 12.1. The van der Waals surface area contributed by atoms with Gasteiger partial charge in [-0.1, -0.05) is 30.3 Å². The monoisotopic (exact) mass is 271 g/mol. The van der Waals surface area contributed by atoms with E-state index in [1.165, 1.54) is 0 Å². The summed E-state index contributed by atoms with van der Waals surface area (Å²) in [5, 5.41) is 0. The second-order valence-electron chi connectivity index (χ2n) is 3.25. The van der Waals surface area contributed by atoms with E-state index in [9.17, 15) is 8.76 Å². The van der Waals surface area contributed by atoms with Gasteiger partial charge >= 0.3 is 0 Å². The van der Waals surface area contributed by atoms with Gasteiger partial charge < -0.3 is 14.0 Å². The predicted octanol–water partition coefficient (Wildman–Crippen LogP) is 2.30. The van der Waals surface area contributed by atoms with Crippen molar-refractivity contribution in [2.75, 3.05) is 4.72 Å². The topological polar surface area (TPSA) is 61.4 Å². The summed E-state index contributed by atoms with van der Waals surface area (Å²) in [5.74, 6) is 1.11. The van der Waals surface area contributed by atoms with Gasteiger partial charge in [-0.3, -0.25) is 4.21 Å². The largest absolute Gasteiger partial charge is 0.755 e. The summed E-state index contributed by atoms with van der Waals surface area (Å²) in [5.41, 5.74) is 0.407. The number of rotatable bonds is 4. The van der Waals surface area contributed by atoms with Crippen LogP contribution < -0.4 is 9.46 Å². The molecular formula is C12H10NNaO3S-. The molecular weight excluding hydrogens is 261 g/mol. The van der Waals surface area contributed by atoms with Crippen molar-refractivity contribution in [3.63, 3.8) is 0 Å². The molecule has 0 heterocycles. The van der Waals surface area contributed by atoms with Gasteiger partial charge in [0.05, 0.1) is 5.69 Å². The first kappa shape index (κ1) is 15.2. The second kappa shape index (κ2) is 7.56. The Labute approximate surface area is 130 Å². The van der Waals surface area contributed by atoms with Crippen LogP contribution in [0.3, 0.4) is 0 Å². The van der Waals surface area contributed by atoms with Crippen LogP contribution in [-0.4, -0.2) is 38.3 Å². The van der Waals surface area contributed by atoms with E-state index in [0.29, 0.717) is 17.2 Å². The van der Waals surface area contributed by atoms with Gasteiger partial charge in [-0.05, 0) is 24.3 Å². The van der Waals surface area contributed by atoms with Gasteiger partial charge in [-0.25, -0.2) is 0 Å². The van der Waals surface area contributed by atoms with Gasteiger partial charge in [-0.2, -0.15) is 0 Å². The summed E-state index contributed by atoms with van der Waals surface area (Å²) in [6.07, 6.45) is 0. The Morgan fingerprint density at radius 3 is 2.28 bits per heavy atom. The SMILES string of the molecule is O=S([O-])Nc1ccccc1Oc1ccccc1.[Na]. The maximum atomic E-state index is 10.6.